The van der Waals surface area contributed by atoms with Crippen LogP contribution in [0.5, 0.6) is 0 Å². The molecule has 1 aromatic carbocycles. The predicted molar refractivity (Wildman–Crippen MR) is 52.3 cm³/mol. The molecule has 0 aromatic heterocycles. The third kappa shape index (κ3) is 1.29. The third-order valence-corrected chi connectivity index (χ3v) is 2.58. The normalized spacial score (nSPS) is 17.6. The first-order chi connectivity index (χ1) is 5.75. The van der Waals surface area contributed by atoms with Crippen molar-refractivity contribution in [1.82, 2.24) is 0 Å². The Morgan fingerprint density at radius 2 is 2.08 bits per heavy atom. The summed E-state index contributed by atoms with van der Waals surface area (Å²) in [7, 11) is 0. The summed E-state index contributed by atoms with van der Waals surface area (Å²) in [5, 5.41) is 0. The van der Waals surface area contributed by atoms with Gasteiger partial charge in [-0.05, 0) is 31.2 Å². The number of hydrogen-bond acceptors (Lipinski definition) is 0. The summed E-state index contributed by atoms with van der Waals surface area (Å²) in [6.45, 7) is 6.11. The molecule has 1 fully saturated rings. The summed E-state index contributed by atoms with van der Waals surface area (Å²) in [6.07, 6.45) is 2.40. The highest BCUT2D eigenvalue weighted by molar-refractivity contribution is 5.31. The van der Waals surface area contributed by atoms with Crippen LogP contribution >= 0.6 is 0 Å². The lowest BCUT2D eigenvalue weighted by atomic mass is 9.76. The highest BCUT2D eigenvalue weighted by atomic mass is 14.3. The summed E-state index contributed by atoms with van der Waals surface area (Å²) in [5.74, 6) is 0.761. The predicted octanol–water partition coefficient (Wildman–Crippen LogP) is 3.43. The highest BCUT2D eigenvalue weighted by Gasteiger charge is 2.22. The number of rotatable bonds is 1. The van der Waals surface area contributed by atoms with Crippen LogP contribution in [-0.4, -0.2) is 0 Å². The molecule has 0 N–H and O–H groups in total. The van der Waals surface area contributed by atoms with Crippen LogP contribution in [0.25, 0.3) is 0 Å². The van der Waals surface area contributed by atoms with Crippen LogP contribution in [0.2, 0.25) is 0 Å². The van der Waals surface area contributed by atoms with Gasteiger partial charge in [-0.1, -0.05) is 42.0 Å². The quantitative estimate of drug-likeness (QED) is 0.549. The first kappa shape index (κ1) is 7.60. The Balaban J connectivity index is 2.18. The van der Waals surface area contributed by atoms with E-state index in [9.17, 15) is 0 Å². The molecule has 0 nitrogen and oxygen atoms in total. The molecular weight excluding hydrogens is 144 g/mol. The lowest BCUT2D eigenvalue weighted by Crippen LogP contribution is -2.11. The minimum absolute atomic E-state index is 0.761. The molecule has 0 atom stereocenters. The molecule has 2 rings (SSSR count). The van der Waals surface area contributed by atoms with Crippen molar-refractivity contribution < 1.29 is 0 Å². The molecule has 12 heavy (non-hydrogen) atoms. The van der Waals surface area contributed by atoms with Crippen molar-refractivity contribution in [2.75, 3.05) is 0 Å². The van der Waals surface area contributed by atoms with E-state index in [1.54, 1.807) is 0 Å². The smallest absolute Gasteiger partial charge is 0.00876 e. The molecule has 0 heterocycles. The van der Waals surface area contributed by atoms with E-state index in [4.69, 9.17) is 0 Å². The van der Waals surface area contributed by atoms with Gasteiger partial charge in [0.05, 0.1) is 0 Å². The first-order valence-electron chi connectivity index (χ1n) is 4.49. The van der Waals surface area contributed by atoms with Gasteiger partial charge in [-0.2, -0.15) is 0 Å². The summed E-state index contributed by atoms with van der Waals surface area (Å²) in [6, 6.07) is 8.81. The average molecular weight is 158 g/mol. The second-order valence-corrected chi connectivity index (χ2v) is 3.77. The number of hydrogen-bond donors (Lipinski definition) is 0. The number of allylic oxidation sites excluding steroid dienone is 1. The minimum atomic E-state index is 0.761. The second kappa shape index (κ2) is 2.78. The third-order valence-electron chi connectivity index (χ3n) is 2.58. The molecule has 0 amide bonds. The molecule has 1 aliphatic carbocycles. The summed E-state index contributed by atoms with van der Waals surface area (Å²) < 4.78 is 0. The zero-order chi connectivity index (χ0) is 8.55. The standard InChI is InChI=1S/C12H14/c1-9-4-3-5-11(6-9)12-7-10(2)8-12/h3-6,12H,2,7-8H2,1H3. The minimum Gasteiger partial charge on any atom is -0.0998 e. The van der Waals surface area contributed by atoms with Gasteiger partial charge in [0.2, 0.25) is 0 Å². The van der Waals surface area contributed by atoms with Crippen LogP contribution in [0.4, 0.5) is 0 Å². The monoisotopic (exact) mass is 158 g/mol. The Morgan fingerprint density at radius 3 is 2.67 bits per heavy atom. The lowest BCUT2D eigenvalue weighted by Gasteiger charge is -2.28. The van der Waals surface area contributed by atoms with Gasteiger partial charge in [-0.3, -0.25) is 0 Å². The van der Waals surface area contributed by atoms with Gasteiger partial charge >= 0.3 is 0 Å². The molecule has 1 aromatic rings. The van der Waals surface area contributed by atoms with E-state index in [0.717, 1.165) is 5.92 Å². The van der Waals surface area contributed by atoms with E-state index in [1.165, 1.54) is 29.5 Å². The van der Waals surface area contributed by atoms with Gasteiger partial charge in [0.25, 0.3) is 0 Å². The van der Waals surface area contributed by atoms with E-state index in [0.29, 0.717) is 0 Å². The van der Waals surface area contributed by atoms with E-state index in [-0.39, 0.29) is 0 Å². The molecule has 0 aliphatic heterocycles. The maximum atomic E-state index is 3.96. The van der Waals surface area contributed by atoms with Crippen LogP contribution < -0.4 is 0 Å². The molecule has 0 radical (unpaired) electrons. The topological polar surface area (TPSA) is 0 Å². The molecule has 0 heteroatoms. The van der Waals surface area contributed by atoms with E-state index < -0.39 is 0 Å². The van der Waals surface area contributed by atoms with Crippen molar-refractivity contribution in [3.05, 3.63) is 47.5 Å². The largest absolute Gasteiger partial charge is 0.0998 e. The first-order valence-corrected chi connectivity index (χ1v) is 4.49. The fourth-order valence-corrected chi connectivity index (χ4v) is 1.80. The zero-order valence-corrected chi connectivity index (χ0v) is 7.51. The van der Waals surface area contributed by atoms with Crippen molar-refractivity contribution >= 4 is 0 Å². The molecule has 0 saturated heterocycles. The molecular formula is C12H14. The Labute approximate surface area is 73.9 Å². The lowest BCUT2D eigenvalue weighted by molar-refractivity contribution is 0.552. The van der Waals surface area contributed by atoms with Crippen molar-refractivity contribution in [2.45, 2.75) is 25.7 Å². The maximum Gasteiger partial charge on any atom is -0.00876 e. The van der Waals surface area contributed by atoms with Crippen molar-refractivity contribution in [2.24, 2.45) is 0 Å². The Kier molecular flexibility index (Phi) is 1.76. The summed E-state index contributed by atoms with van der Waals surface area (Å²) >= 11 is 0. The summed E-state index contributed by atoms with van der Waals surface area (Å²) in [5.41, 5.74) is 4.26. The fraction of sp³-hybridized carbons (Fsp3) is 0.333. The van der Waals surface area contributed by atoms with E-state index in [1.807, 2.05) is 0 Å². The van der Waals surface area contributed by atoms with Gasteiger partial charge in [-0.25, -0.2) is 0 Å². The highest BCUT2D eigenvalue weighted by Crippen LogP contribution is 2.39. The van der Waals surface area contributed by atoms with Crippen LogP contribution in [-0.2, 0) is 0 Å². The van der Waals surface area contributed by atoms with Gasteiger partial charge in [0.15, 0.2) is 0 Å². The summed E-state index contributed by atoms with van der Waals surface area (Å²) in [4.78, 5) is 0. The zero-order valence-electron chi connectivity index (χ0n) is 7.51. The Bertz CT molecular complexity index is 302. The van der Waals surface area contributed by atoms with Crippen molar-refractivity contribution in [1.29, 1.82) is 0 Å². The maximum absolute atomic E-state index is 3.96. The number of benzene rings is 1. The Hall–Kier alpha value is -1.04. The van der Waals surface area contributed by atoms with Crippen LogP contribution in [0.15, 0.2) is 36.4 Å². The van der Waals surface area contributed by atoms with E-state index in [2.05, 4.69) is 37.8 Å². The van der Waals surface area contributed by atoms with E-state index >= 15 is 0 Å². The molecule has 62 valence electrons. The Morgan fingerprint density at radius 1 is 1.33 bits per heavy atom. The fourth-order valence-electron chi connectivity index (χ4n) is 1.80. The van der Waals surface area contributed by atoms with Crippen LogP contribution in [0, 0.1) is 6.92 Å². The van der Waals surface area contributed by atoms with Crippen LogP contribution in [0.3, 0.4) is 0 Å². The van der Waals surface area contributed by atoms with Crippen molar-refractivity contribution in [3.8, 4) is 0 Å². The number of aryl methyl sites for hydroxylation is 1. The molecule has 1 aliphatic rings. The molecule has 0 bridgehead atoms. The average Bonchev–Trinajstić information content (AvgIpc) is 1.99. The molecule has 0 unspecified atom stereocenters. The van der Waals surface area contributed by atoms with Gasteiger partial charge < -0.3 is 0 Å². The van der Waals surface area contributed by atoms with Crippen molar-refractivity contribution in [3.63, 3.8) is 0 Å². The van der Waals surface area contributed by atoms with Gasteiger partial charge in [-0.15, -0.1) is 0 Å². The van der Waals surface area contributed by atoms with Gasteiger partial charge in [0, 0.05) is 0 Å². The van der Waals surface area contributed by atoms with Gasteiger partial charge in [0.1, 0.15) is 0 Å². The molecule has 0 spiro atoms. The van der Waals surface area contributed by atoms with Crippen LogP contribution in [0.1, 0.15) is 29.9 Å². The SMILES string of the molecule is C=C1CC(c2cccc(C)c2)C1. The molecule has 1 saturated carbocycles. The second-order valence-electron chi connectivity index (χ2n) is 3.77.